The van der Waals surface area contributed by atoms with Crippen LogP contribution < -0.4 is 0 Å². The molecule has 1 heterocycles. The Balaban J connectivity index is 1.54. The van der Waals surface area contributed by atoms with Crippen molar-refractivity contribution in [3.63, 3.8) is 0 Å². The van der Waals surface area contributed by atoms with E-state index in [1.54, 1.807) is 0 Å². The first-order valence-electron chi connectivity index (χ1n) is 9.96. The fraction of sp³-hybridized carbons (Fsp3) is 0.900. The van der Waals surface area contributed by atoms with E-state index in [-0.39, 0.29) is 16.1 Å². The Hall–Kier alpha value is -0.510. The lowest BCUT2D eigenvalue weighted by molar-refractivity contribution is -0.142. The maximum atomic E-state index is 13.3. The third-order valence-electron chi connectivity index (χ3n) is 6.68. The highest BCUT2D eigenvalue weighted by Crippen LogP contribution is 2.60. The summed E-state index contributed by atoms with van der Waals surface area (Å²) >= 11 is 1.81. The van der Waals surface area contributed by atoms with Gasteiger partial charge in [0.15, 0.2) is 5.17 Å². The lowest BCUT2D eigenvalue weighted by Gasteiger charge is -2.55. The van der Waals surface area contributed by atoms with Crippen molar-refractivity contribution < 1.29 is 4.79 Å². The van der Waals surface area contributed by atoms with Crippen molar-refractivity contribution in [1.29, 1.82) is 0 Å². The van der Waals surface area contributed by atoms with Gasteiger partial charge in [-0.25, -0.2) is 0 Å². The molecule has 1 amide bonds. The Morgan fingerprint density at radius 3 is 2.29 bits per heavy atom. The molecule has 4 heteroatoms. The van der Waals surface area contributed by atoms with Crippen molar-refractivity contribution in [2.24, 2.45) is 28.2 Å². The van der Waals surface area contributed by atoms with Crippen LogP contribution in [0.3, 0.4) is 0 Å². The summed E-state index contributed by atoms with van der Waals surface area (Å²) in [5, 5.41) is 1.01. The summed E-state index contributed by atoms with van der Waals surface area (Å²) in [6, 6.07) is 0. The zero-order valence-electron chi connectivity index (χ0n) is 15.5. The third kappa shape index (κ3) is 3.04. The zero-order valence-corrected chi connectivity index (χ0v) is 16.3. The number of carbonyl (C=O) groups excluding carboxylic acids is 1. The quantitative estimate of drug-likeness (QED) is 0.737. The Labute approximate surface area is 151 Å². The van der Waals surface area contributed by atoms with Gasteiger partial charge < -0.3 is 4.90 Å². The zero-order chi connectivity index (χ0) is 16.9. The van der Waals surface area contributed by atoms with E-state index >= 15 is 0 Å². The number of amidine groups is 1. The van der Waals surface area contributed by atoms with Gasteiger partial charge in [0, 0.05) is 17.8 Å². The molecule has 5 fully saturated rings. The van der Waals surface area contributed by atoms with Crippen LogP contribution >= 0.6 is 11.8 Å². The van der Waals surface area contributed by atoms with Gasteiger partial charge in [-0.2, -0.15) is 4.99 Å². The second kappa shape index (κ2) is 6.03. The van der Waals surface area contributed by atoms with Crippen LogP contribution in [0.15, 0.2) is 4.99 Å². The minimum absolute atomic E-state index is 0.0918. The van der Waals surface area contributed by atoms with Crippen molar-refractivity contribution in [1.82, 2.24) is 4.90 Å². The molecule has 0 aromatic rings. The van der Waals surface area contributed by atoms with Gasteiger partial charge in [0.2, 0.25) is 0 Å². The second-order valence-corrected chi connectivity index (χ2v) is 11.2. The Bertz CT molecular complexity index is 519. The van der Waals surface area contributed by atoms with Gasteiger partial charge in [-0.1, -0.05) is 25.1 Å². The van der Waals surface area contributed by atoms with Crippen LogP contribution in [-0.2, 0) is 4.79 Å². The molecule has 4 saturated carbocycles. The largest absolute Gasteiger partial charge is 0.350 e. The topological polar surface area (TPSA) is 32.7 Å². The number of hydrogen-bond acceptors (Lipinski definition) is 2. The molecular weight excluding hydrogens is 316 g/mol. The molecule has 0 spiro atoms. The lowest BCUT2D eigenvalue weighted by Crippen LogP contribution is -2.49. The van der Waals surface area contributed by atoms with Crippen molar-refractivity contribution in [3.8, 4) is 0 Å². The normalized spacial score (nSPS) is 41.4. The molecule has 5 rings (SSSR count). The van der Waals surface area contributed by atoms with Crippen LogP contribution in [0.5, 0.6) is 0 Å². The standard InChI is InChI=1S/C20H32N2OS/c1-4-5-6-22-13-19(2,3)24-18(22)21-17(23)20-10-14-7-15(11-20)9-16(8-14)12-20/h14-16H,4-13H2,1-3H3/b21-18-. The van der Waals surface area contributed by atoms with Gasteiger partial charge in [-0.05, 0) is 76.5 Å². The number of hydrogen-bond donors (Lipinski definition) is 0. The monoisotopic (exact) mass is 348 g/mol. The minimum Gasteiger partial charge on any atom is -0.350 e. The van der Waals surface area contributed by atoms with E-state index in [4.69, 9.17) is 4.99 Å². The average Bonchev–Trinajstić information content (AvgIpc) is 2.77. The van der Waals surface area contributed by atoms with Crippen LogP contribution in [0.1, 0.15) is 72.1 Å². The molecule has 0 atom stereocenters. The summed E-state index contributed by atoms with van der Waals surface area (Å²) in [7, 11) is 0. The van der Waals surface area contributed by atoms with E-state index in [9.17, 15) is 4.79 Å². The molecule has 1 aliphatic heterocycles. The Morgan fingerprint density at radius 1 is 1.17 bits per heavy atom. The van der Waals surface area contributed by atoms with Crippen molar-refractivity contribution in [2.45, 2.75) is 76.9 Å². The number of rotatable bonds is 4. The molecule has 3 nitrogen and oxygen atoms in total. The predicted octanol–water partition coefficient (Wildman–Crippen LogP) is 4.71. The summed E-state index contributed by atoms with van der Waals surface area (Å²) in [6.45, 7) is 8.83. The lowest BCUT2D eigenvalue weighted by atomic mass is 9.49. The maximum absolute atomic E-state index is 13.3. The van der Waals surface area contributed by atoms with Gasteiger partial charge in [-0.3, -0.25) is 4.79 Å². The van der Waals surface area contributed by atoms with E-state index < -0.39 is 0 Å². The van der Waals surface area contributed by atoms with Crippen molar-refractivity contribution in [2.75, 3.05) is 13.1 Å². The molecule has 0 N–H and O–H groups in total. The number of amides is 1. The van der Waals surface area contributed by atoms with E-state index in [1.807, 2.05) is 11.8 Å². The smallest absolute Gasteiger partial charge is 0.254 e. The Kier molecular flexibility index (Phi) is 4.26. The molecule has 134 valence electrons. The van der Waals surface area contributed by atoms with Crippen LogP contribution in [0.2, 0.25) is 0 Å². The van der Waals surface area contributed by atoms with Gasteiger partial charge >= 0.3 is 0 Å². The first-order chi connectivity index (χ1) is 11.4. The minimum atomic E-state index is -0.0918. The highest BCUT2D eigenvalue weighted by molar-refractivity contribution is 8.15. The first kappa shape index (κ1) is 16.9. The van der Waals surface area contributed by atoms with E-state index in [0.717, 1.165) is 55.3 Å². The molecule has 4 bridgehead atoms. The third-order valence-corrected chi connectivity index (χ3v) is 7.89. The van der Waals surface area contributed by atoms with Crippen LogP contribution in [0.25, 0.3) is 0 Å². The van der Waals surface area contributed by atoms with Crippen LogP contribution in [0, 0.1) is 23.2 Å². The van der Waals surface area contributed by atoms with Crippen molar-refractivity contribution >= 4 is 22.8 Å². The molecule has 5 aliphatic rings. The first-order valence-corrected chi connectivity index (χ1v) is 10.8. The molecular formula is C20H32N2OS. The summed E-state index contributed by atoms with van der Waals surface area (Å²) in [6.07, 6.45) is 9.89. The summed E-state index contributed by atoms with van der Waals surface area (Å²) < 4.78 is 0.175. The second-order valence-electron chi connectivity index (χ2n) is 9.53. The Morgan fingerprint density at radius 2 is 1.75 bits per heavy atom. The predicted molar refractivity (Wildman–Crippen MR) is 101 cm³/mol. The SMILES string of the molecule is CCCCN1CC(C)(C)S/C1=N\C(=O)C12CC3CC(CC(C3)C1)C2. The fourth-order valence-electron chi connectivity index (χ4n) is 6.07. The van der Waals surface area contributed by atoms with Crippen molar-refractivity contribution in [3.05, 3.63) is 0 Å². The van der Waals surface area contributed by atoms with Gasteiger partial charge in [-0.15, -0.1) is 0 Å². The maximum Gasteiger partial charge on any atom is 0.254 e. The van der Waals surface area contributed by atoms with Gasteiger partial charge in [0.1, 0.15) is 0 Å². The van der Waals surface area contributed by atoms with E-state index in [1.165, 1.54) is 32.1 Å². The number of aliphatic imine (C=N–C) groups is 1. The number of unbranched alkanes of at least 4 members (excludes halogenated alkanes) is 1. The highest BCUT2D eigenvalue weighted by Gasteiger charge is 2.55. The van der Waals surface area contributed by atoms with Gasteiger partial charge in [0.25, 0.3) is 5.91 Å². The van der Waals surface area contributed by atoms with Gasteiger partial charge in [0.05, 0.1) is 5.41 Å². The summed E-state index contributed by atoms with van der Waals surface area (Å²) in [4.78, 5) is 20.4. The average molecular weight is 349 g/mol. The van der Waals surface area contributed by atoms with Crippen LogP contribution in [-0.4, -0.2) is 33.8 Å². The van der Waals surface area contributed by atoms with E-state index in [0.29, 0.717) is 0 Å². The number of nitrogens with zero attached hydrogens (tertiary/aromatic N) is 2. The molecule has 0 aromatic heterocycles. The molecule has 0 unspecified atom stereocenters. The molecule has 0 radical (unpaired) electrons. The summed E-state index contributed by atoms with van der Waals surface area (Å²) in [5.74, 6) is 2.65. The fourth-order valence-corrected chi connectivity index (χ4v) is 7.19. The molecule has 1 saturated heterocycles. The van der Waals surface area contributed by atoms with E-state index in [2.05, 4.69) is 25.7 Å². The molecule has 24 heavy (non-hydrogen) atoms. The van der Waals surface area contributed by atoms with Crippen LogP contribution in [0.4, 0.5) is 0 Å². The highest BCUT2D eigenvalue weighted by atomic mass is 32.2. The number of carbonyl (C=O) groups is 1. The summed E-state index contributed by atoms with van der Waals surface area (Å²) in [5.41, 5.74) is -0.0918. The molecule has 0 aromatic carbocycles. The number of thioether (sulfide) groups is 1. The molecule has 4 aliphatic carbocycles.